The maximum atomic E-state index is 10.8. The first kappa shape index (κ1) is 12.9. The molecule has 0 aromatic rings. The third-order valence-electron chi connectivity index (χ3n) is 2.30. The third kappa shape index (κ3) is 6.09. The quantitative estimate of drug-likeness (QED) is 0.703. The van der Waals surface area contributed by atoms with Gasteiger partial charge in [-0.25, -0.2) is 13.6 Å². The molecule has 90 valence electrons. The van der Waals surface area contributed by atoms with E-state index in [-0.39, 0.29) is 11.7 Å². The largest absolute Gasteiger partial charge is 0.381 e. The van der Waals surface area contributed by atoms with Crippen molar-refractivity contribution in [2.45, 2.75) is 13.3 Å². The average molecular weight is 237 g/mol. The fraction of sp³-hybridized carbons (Fsp3) is 1.00. The number of nitrogens with two attached hydrogens (primary N) is 1. The second-order valence-electron chi connectivity index (χ2n) is 4.20. The van der Waals surface area contributed by atoms with E-state index in [1.54, 1.807) is 0 Å². The Morgan fingerprint density at radius 2 is 2.33 bits per heavy atom. The smallest absolute Gasteiger partial charge is 0.209 e. The van der Waals surface area contributed by atoms with E-state index in [9.17, 15) is 8.42 Å². The van der Waals surface area contributed by atoms with E-state index in [1.807, 2.05) is 6.92 Å². The molecule has 15 heavy (non-hydrogen) atoms. The molecule has 0 aliphatic carbocycles. The van der Waals surface area contributed by atoms with Crippen LogP contribution in [-0.2, 0) is 19.5 Å². The van der Waals surface area contributed by atoms with E-state index in [0.717, 1.165) is 19.6 Å². The van der Waals surface area contributed by atoms with Crippen LogP contribution in [0.1, 0.15) is 13.3 Å². The van der Waals surface area contributed by atoms with Crippen LogP contribution in [0, 0.1) is 11.8 Å². The molecule has 5 nitrogen and oxygen atoms in total. The van der Waals surface area contributed by atoms with Gasteiger partial charge in [0, 0.05) is 12.5 Å². The van der Waals surface area contributed by atoms with Gasteiger partial charge < -0.3 is 9.47 Å². The first-order chi connectivity index (χ1) is 6.97. The molecule has 1 fully saturated rings. The zero-order valence-electron chi connectivity index (χ0n) is 9.02. The van der Waals surface area contributed by atoms with Gasteiger partial charge in [-0.15, -0.1) is 0 Å². The van der Waals surface area contributed by atoms with Gasteiger partial charge >= 0.3 is 0 Å². The van der Waals surface area contributed by atoms with E-state index in [4.69, 9.17) is 14.6 Å². The molecule has 6 heteroatoms. The molecule has 0 saturated carbocycles. The van der Waals surface area contributed by atoms with Crippen molar-refractivity contribution in [1.82, 2.24) is 0 Å². The van der Waals surface area contributed by atoms with Gasteiger partial charge in [0.2, 0.25) is 10.0 Å². The molecule has 1 aliphatic heterocycles. The van der Waals surface area contributed by atoms with Crippen molar-refractivity contribution < 1.29 is 17.9 Å². The lowest BCUT2D eigenvalue weighted by atomic mass is 10.1. The zero-order chi connectivity index (χ0) is 11.3. The van der Waals surface area contributed by atoms with Crippen LogP contribution < -0.4 is 5.14 Å². The van der Waals surface area contributed by atoms with Crippen molar-refractivity contribution in [3.63, 3.8) is 0 Å². The number of primary sulfonamides is 1. The highest BCUT2D eigenvalue weighted by atomic mass is 32.2. The predicted octanol–water partition coefficient (Wildman–Crippen LogP) is -0.0359. The van der Waals surface area contributed by atoms with Gasteiger partial charge in [-0.05, 0) is 12.3 Å². The summed E-state index contributed by atoms with van der Waals surface area (Å²) in [7, 11) is -3.38. The van der Waals surface area contributed by atoms with Crippen molar-refractivity contribution in [1.29, 1.82) is 0 Å². The molecule has 1 saturated heterocycles. The fourth-order valence-electron chi connectivity index (χ4n) is 1.60. The topological polar surface area (TPSA) is 78.6 Å². The van der Waals surface area contributed by atoms with E-state index in [1.165, 1.54) is 0 Å². The molecule has 0 spiro atoms. The van der Waals surface area contributed by atoms with E-state index >= 15 is 0 Å². The normalized spacial score (nSPS) is 24.3. The molecular formula is C9H19NO4S. The first-order valence-corrected chi connectivity index (χ1v) is 6.85. The van der Waals surface area contributed by atoms with Crippen LogP contribution in [0.5, 0.6) is 0 Å². The van der Waals surface area contributed by atoms with Crippen LogP contribution in [0.4, 0.5) is 0 Å². The van der Waals surface area contributed by atoms with Gasteiger partial charge in [0.1, 0.15) is 0 Å². The minimum Gasteiger partial charge on any atom is -0.381 e. The summed E-state index contributed by atoms with van der Waals surface area (Å²) in [6, 6.07) is 0. The summed E-state index contributed by atoms with van der Waals surface area (Å²) in [6.07, 6.45) is 1.03. The Hall–Kier alpha value is -0.170. The SMILES string of the molecule is CC(COCC1CCOC1)CS(N)(=O)=O. The van der Waals surface area contributed by atoms with Crippen molar-refractivity contribution in [2.75, 3.05) is 32.2 Å². The van der Waals surface area contributed by atoms with Gasteiger partial charge in [0.25, 0.3) is 0 Å². The summed E-state index contributed by atoms with van der Waals surface area (Å²) in [5, 5.41) is 4.93. The van der Waals surface area contributed by atoms with Gasteiger partial charge in [-0.3, -0.25) is 0 Å². The lowest BCUT2D eigenvalue weighted by molar-refractivity contribution is 0.0734. The molecule has 2 unspecified atom stereocenters. The zero-order valence-corrected chi connectivity index (χ0v) is 9.83. The Morgan fingerprint density at radius 1 is 1.60 bits per heavy atom. The highest BCUT2D eigenvalue weighted by Gasteiger charge is 2.17. The summed E-state index contributed by atoms with van der Waals surface area (Å²) in [4.78, 5) is 0. The molecule has 1 rings (SSSR count). The molecule has 0 aromatic heterocycles. The summed E-state index contributed by atoms with van der Waals surface area (Å²) < 4.78 is 32.2. The molecule has 2 atom stereocenters. The third-order valence-corrected chi connectivity index (χ3v) is 3.33. The standard InChI is InChI=1S/C9H19NO4S/c1-8(7-15(10,11)12)4-14-6-9-2-3-13-5-9/h8-9H,2-7H2,1H3,(H2,10,11,12). The van der Waals surface area contributed by atoms with Gasteiger partial charge in [0.05, 0.1) is 25.6 Å². The van der Waals surface area contributed by atoms with Crippen LogP contribution in [-0.4, -0.2) is 40.6 Å². The van der Waals surface area contributed by atoms with Crippen LogP contribution >= 0.6 is 0 Å². The average Bonchev–Trinajstić information content (AvgIpc) is 2.53. The van der Waals surface area contributed by atoms with E-state index < -0.39 is 10.0 Å². The van der Waals surface area contributed by atoms with Crippen molar-refractivity contribution >= 4 is 10.0 Å². The molecule has 0 amide bonds. The lowest BCUT2D eigenvalue weighted by Gasteiger charge is -2.12. The van der Waals surface area contributed by atoms with Crippen LogP contribution in [0.25, 0.3) is 0 Å². The van der Waals surface area contributed by atoms with E-state index in [2.05, 4.69) is 0 Å². The van der Waals surface area contributed by atoms with Gasteiger partial charge in [-0.2, -0.15) is 0 Å². The van der Waals surface area contributed by atoms with Crippen LogP contribution in [0.15, 0.2) is 0 Å². The summed E-state index contributed by atoms with van der Waals surface area (Å²) in [5.74, 6) is 0.391. The molecule has 1 aliphatic rings. The van der Waals surface area contributed by atoms with Gasteiger partial charge in [-0.1, -0.05) is 6.92 Å². The molecule has 0 aromatic carbocycles. The monoisotopic (exact) mass is 237 g/mol. The van der Waals surface area contributed by atoms with Crippen molar-refractivity contribution in [3.8, 4) is 0 Å². The van der Waals surface area contributed by atoms with Crippen molar-refractivity contribution in [3.05, 3.63) is 0 Å². The molecule has 2 N–H and O–H groups in total. The highest BCUT2D eigenvalue weighted by molar-refractivity contribution is 7.89. The number of hydrogen-bond donors (Lipinski definition) is 1. The fourth-order valence-corrected chi connectivity index (χ4v) is 2.48. The predicted molar refractivity (Wildman–Crippen MR) is 56.9 cm³/mol. The number of hydrogen-bond acceptors (Lipinski definition) is 4. The molecular weight excluding hydrogens is 218 g/mol. The first-order valence-electron chi connectivity index (χ1n) is 5.13. The minimum atomic E-state index is -3.38. The summed E-state index contributed by atoms with van der Waals surface area (Å²) in [5.41, 5.74) is 0. The lowest BCUT2D eigenvalue weighted by Crippen LogP contribution is -2.25. The molecule has 1 heterocycles. The minimum absolute atomic E-state index is 0.0197. The second-order valence-corrected chi connectivity index (χ2v) is 5.86. The van der Waals surface area contributed by atoms with E-state index in [0.29, 0.717) is 19.1 Å². The maximum absolute atomic E-state index is 10.8. The number of rotatable bonds is 6. The Morgan fingerprint density at radius 3 is 2.87 bits per heavy atom. The summed E-state index contributed by atoms with van der Waals surface area (Å²) >= 11 is 0. The Bertz CT molecular complexity index is 272. The number of ether oxygens (including phenoxy) is 2. The van der Waals surface area contributed by atoms with Crippen molar-refractivity contribution in [2.24, 2.45) is 17.0 Å². The number of sulfonamides is 1. The Labute approximate surface area is 91.0 Å². The summed E-state index contributed by atoms with van der Waals surface area (Å²) in [6.45, 7) is 4.46. The molecule has 0 bridgehead atoms. The second kappa shape index (κ2) is 5.79. The highest BCUT2D eigenvalue weighted by Crippen LogP contribution is 2.12. The van der Waals surface area contributed by atoms with Gasteiger partial charge in [0.15, 0.2) is 0 Å². The van der Waals surface area contributed by atoms with Crippen LogP contribution in [0.3, 0.4) is 0 Å². The molecule has 0 radical (unpaired) electrons. The Balaban J connectivity index is 2.08. The Kier molecular flexibility index (Phi) is 4.98. The maximum Gasteiger partial charge on any atom is 0.209 e. The van der Waals surface area contributed by atoms with Crippen LogP contribution in [0.2, 0.25) is 0 Å².